The van der Waals surface area contributed by atoms with Crippen LogP contribution in [-0.4, -0.2) is 79.1 Å². The predicted molar refractivity (Wildman–Crippen MR) is 81.5 cm³/mol. The molecular formula is C16H28N2O4. The molecule has 0 bridgehead atoms. The molecule has 1 spiro atoms. The zero-order valence-corrected chi connectivity index (χ0v) is 13.9. The summed E-state index contributed by atoms with van der Waals surface area (Å²) < 4.78 is 17.2. The Hall–Kier alpha value is -0.690. The average Bonchev–Trinajstić information content (AvgIpc) is 2.94. The Labute approximate surface area is 132 Å². The van der Waals surface area contributed by atoms with Crippen LogP contribution in [0.4, 0.5) is 0 Å². The molecule has 3 atom stereocenters. The summed E-state index contributed by atoms with van der Waals surface area (Å²) in [6.07, 6.45) is 1.93. The van der Waals surface area contributed by atoms with Gasteiger partial charge in [-0.2, -0.15) is 0 Å². The minimum atomic E-state index is -0.374. The van der Waals surface area contributed by atoms with Crippen molar-refractivity contribution in [1.82, 2.24) is 9.80 Å². The summed E-state index contributed by atoms with van der Waals surface area (Å²) in [5, 5.41) is 0. The summed E-state index contributed by atoms with van der Waals surface area (Å²) in [5.41, 5.74) is 0. The molecule has 3 saturated heterocycles. The van der Waals surface area contributed by atoms with Gasteiger partial charge in [-0.05, 0) is 20.8 Å². The first kappa shape index (κ1) is 16.2. The maximum atomic E-state index is 12.8. The van der Waals surface area contributed by atoms with Crippen molar-refractivity contribution in [2.45, 2.75) is 57.6 Å². The fourth-order valence-corrected chi connectivity index (χ4v) is 3.82. The van der Waals surface area contributed by atoms with E-state index in [4.69, 9.17) is 14.2 Å². The van der Waals surface area contributed by atoms with E-state index >= 15 is 0 Å². The highest BCUT2D eigenvalue weighted by atomic mass is 16.7. The Morgan fingerprint density at radius 3 is 2.18 bits per heavy atom. The molecule has 126 valence electrons. The number of amides is 1. The lowest BCUT2D eigenvalue weighted by Gasteiger charge is -2.42. The topological polar surface area (TPSA) is 51.2 Å². The molecule has 22 heavy (non-hydrogen) atoms. The first-order chi connectivity index (χ1) is 10.5. The molecule has 3 aliphatic rings. The maximum absolute atomic E-state index is 12.8. The molecular weight excluding hydrogens is 284 g/mol. The standard InChI is InChI=1S/C16H28N2O4/c1-12-10-18(11-13(2)22-12)15(19)14(3)17-6-4-16(5-7-17)20-8-9-21-16/h12-14H,4-11H2,1-3H3/t12-,13+,14-/m1/s1. The van der Waals surface area contributed by atoms with Crippen LogP contribution in [-0.2, 0) is 19.0 Å². The highest BCUT2D eigenvalue weighted by Crippen LogP contribution is 2.32. The zero-order chi connectivity index (χ0) is 15.7. The number of likely N-dealkylation sites (tertiary alicyclic amines) is 1. The molecule has 3 heterocycles. The van der Waals surface area contributed by atoms with Gasteiger partial charge >= 0.3 is 0 Å². The van der Waals surface area contributed by atoms with Crippen molar-refractivity contribution >= 4 is 5.91 Å². The molecule has 3 rings (SSSR count). The van der Waals surface area contributed by atoms with Crippen molar-refractivity contribution in [2.75, 3.05) is 39.4 Å². The Morgan fingerprint density at radius 2 is 1.64 bits per heavy atom. The Balaban J connectivity index is 1.55. The number of nitrogens with zero attached hydrogens (tertiary/aromatic N) is 2. The van der Waals surface area contributed by atoms with Gasteiger partial charge < -0.3 is 19.1 Å². The van der Waals surface area contributed by atoms with Gasteiger partial charge in [-0.25, -0.2) is 0 Å². The third-order valence-electron chi connectivity index (χ3n) is 5.01. The normalized spacial score (nSPS) is 34.0. The molecule has 0 N–H and O–H groups in total. The highest BCUT2D eigenvalue weighted by molar-refractivity contribution is 5.81. The molecule has 1 amide bonds. The van der Waals surface area contributed by atoms with Crippen molar-refractivity contribution in [1.29, 1.82) is 0 Å². The van der Waals surface area contributed by atoms with E-state index in [0.717, 1.165) is 25.9 Å². The molecule has 0 aliphatic carbocycles. The number of ether oxygens (including phenoxy) is 3. The van der Waals surface area contributed by atoms with Crippen LogP contribution >= 0.6 is 0 Å². The maximum Gasteiger partial charge on any atom is 0.239 e. The number of hydrogen-bond acceptors (Lipinski definition) is 5. The highest BCUT2D eigenvalue weighted by Gasteiger charge is 2.42. The van der Waals surface area contributed by atoms with E-state index < -0.39 is 0 Å². The van der Waals surface area contributed by atoms with Gasteiger partial charge in [-0.3, -0.25) is 9.69 Å². The number of carbonyl (C=O) groups excluding carboxylic acids is 1. The molecule has 0 aromatic carbocycles. The monoisotopic (exact) mass is 312 g/mol. The van der Waals surface area contributed by atoms with Crippen LogP contribution in [0.3, 0.4) is 0 Å². The van der Waals surface area contributed by atoms with Crippen molar-refractivity contribution in [3.63, 3.8) is 0 Å². The molecule has 3 aliphatic heterocycles. The van der Waals surface area contributed by atoms with Gasteiger partial charge in [-0.1, -0.05) is 0 Å². The molecule has 0 aromatic rings. The van der Waals surface area contributed by atoms with Crippen molar-refractivity contribution < 1.29 is 19.0 Å². The van der Waals surface area contributed by atoms with E-state index in [1.54, 1.807) is 0 Å². The molecule has 6 heteroatoms. The molecule has 0 saturated carbocycles. The minimum Gasteiger partial charge on any atom is -0.372 e. The number of rotatable bonds is 2. The van der Waals surface area contributed by atoms with Crippen LogP contribution in [0.2, 0.25) is 0 Å². The van der Waals surface area contributed by atoms with Gasteiger partial charge in [0.1, 0.15) is 0 Å². The Bertz CT molecular complexity index is 391. The summed E-state index contributed by atoms with van der Waals surface area (Å²) in [6, 6.07) is -0.0868. The predicted octanol–water partition coefficient (Wildman–Crippen LogP) is 0.850. The van der Waals surface area contributed by atoms with Crippen LogP contribution in [0, 0.1) is 0 Å². The van der Waals surface area contributed by atoms with Crippen LogP contribution in [0.5, 0.6) is 0 Å². The van der Waals surface area contributed by atoms with Gasteiger partial charge in [0.25, 0.3) is 0 Å². The van der Waals surface area contributed by atoms with E-state index in [1.165, 1.54) is 0 Å². The lowest BCUT2D eigenvalue weighted by atomic mass is 10.0. The molecule has 0 unspecified atom stereocenters. The second-order valence-electron chi connectivity index (χ2n) is 6.82. The fraction of sp³-hybridized carbons (Fsp3) is 0.938. The van der Waals surface area contributed by atoms with Crippen molar-refractivity contribution in [3.8, 4) is 0 Å². The number of carbonyl (C=O) groups is 1. The minimum absolute atomic E-state index is 0.0868. The second-order valence-corrected chi connectivity index (χ2v) is 6.82. The number of piperidine rings is 1. The van der Waals surface area contributed by atoms with Crippen LogP contribution < -0.4 is 0 Å². The summed E-state index contributed by atoms with van der Waals surface area (Å²) in [6.45, 7) is 10.5. The molecule has 3 fully saturated rings. The SMILES string of the molecule is C[C@@H]1CN(C(=O)[C@@H](C)N2CCC3(CC2)OCCO3)C[C@H](C)O1. The van der Waals surface area contributed by atoms with Crippen molar-refractivity contribution in [3.05, 3.63) is 0 Å². The number of hydrogen-bond donors (Lipinski definition) is 0. The van der Waals surface area contributed by atoms with Gasteiger partial charge in [0, 0.05) is 39.0 Å². The number of morpholine rings is 1. The van der Waals surface area contributed by atoms with Gasteiger partial charge in [-0.15, -0.1) is 0 Å². The van der Waals surface area contributed by atoms with E-state index in [2.05, 4.69) is 4.90 Å². The van der Waals surface area contributed by atoms with Gasteiger partial charge in [0.2, 0.25) is 5.91 Å². The summed E-state index contributed by atoms with van der Waals surface area (Å²) in [5.74, 6) is -0.160. The summed E-state index contributed by atoms with van der Waals surface area (Å²) in [4.78, 5) is 17.0. The Kier molecular flexibility index (Phi) is 4.73. The van der Waals surface area contributed by atoms with Crippen molar-refractivity contribution in [2.24, 2.45) is 0 Å². The summed E-state index contributed by atoms with van der Waals surface area (Å²) >= 11 is 0. The zero-order valence-electron chi connectivity index (χ0n) is 13.9. The van der Waals surface area contributed by atoms with Gasteiger partial charge in [0.05, 0.1) is 31.5 Å². The fourth-order valence-electron chi connectivity index (χ4n) is 3.82. The molecule has 0 aromatic heterocycles. The van der Waals surface area contributed by atoms with Crippen LogP contribution in [0.15, 0.2) is 0 Å². The lowest BCUT2D eigenvalue weighted by molar-refractivity contribution is -0.189. The summed E-state index contributed by atoms with van der Waals surface area (Å²) in [7, 11) is 0. The third kappa shape index (κ3) is 3.30. The average molecular weight is 312 g/mol. The molecule has 6 nitrogen and oxygen atoms in total. The molecule has 0 radical (unpaired) electrons. The second kappa shape index (κ2) is 6.43. The quantitative estimate of drug-likeness (QED) is 0.757. The van der Waals surface area contributed by atoms with Crippen LogP contribution in [0.1, 0.15) is 33.6 Å². The van der Waals surface area contributed by atoms with E-state index in [9.17, 15) is 4.79 Å². The van der Waals surface area contributed by atoms with Gasteiger partial charge in [0.15, 0.2) is 5.79 Å². The third-order valence-corrected chi connectivity index (χ3v) is 5.01. The van der Waals surface area contributed by atoms with E-state index in [1.807, 2.05) is 25.7 Å². The lowest BCUT2D eigenvalue weighted by Crippen LogP contribution is -2.56. The van der Waals surface area contributed by atoms with E-state index in [-0.39, 0.29) is 29.9 Å². The smallest absolute Gasteiger partial charge is 0.239 e. The largest absolute Gasteiger partial charge is 0.372 e. The van der Waals surface area contributed by atoms with Crippen LogP contribution in [0.25, 0.3) is 0 Å². The Morgan fingerprint density at radius 1 is 1.09 bits per heavy atom. The van der Waals surface area contributed by atoms with E-state index in [0.29, 0.717) is 26.3 Å². The first-order valence-corrected chi connectivity index (χ1v) is 8.45. The first-order valence-electron chi connectivity index (χ1n) is 8.45.